The zero-order valence-electron chi connectivity index (χ0n) is 14.6. The van der Waals surface area contributed by atoms with Crippen LogP contribution >= 0.6 is 34.5 Å². The number of hydrogen-bond acceptors (Lipinski definition) is 5. The Hall–Kier alpha value is -2.54. The molecular weight excluding hydrogens is 417 g/mol. The molecule has 0 fully saturated rings. The number of thiazole rings is 1. The van der Waals surface area contributed by atoms with Crippen molar-refractivity contribution in [1.29, 1.82) is 0 Å². The number of aromatic nitrogens is 3. The van der Waals surface area contributed by atoms with E-state index in [4.69, 9.17) is 23.2 Å². The minimum absolute atomic E-state index is 0.234. The molecule has 2 aromatic carbocycles. The molecular formula is C20H13Cl2N3O2S. The highest BCUT2D eigenvalue weighted by Gasteiger charge is 2.12. The molecule has 0 saturated carbocycles. The van der Waals surface area contributed by atoms with Crippen molar-refractivity contribution in [3.05, 3.63) is 100 Å². The first-order chi connectivity index (χ1) is 13.4. The molecule has 4 aromatic rings. The van der Waals surface area contributed by atoms with Crippen molar-refractivity contribution in [2.24, 2.45) is 0 Å². The van der Waals surface area contributed by atoms with Gasteiger partial charge in [-0.25, -0.2) is 0 Å². The highest BCUT2D eigenvalue weighted by molar-refractivity contribution is 7.15. The summed E-state index contributed by atoms with van der Waals surface area (Å²) in [6.07, 6.45) is 1.99. The van der Waals surface area contributed by atoms with E-state index in [1.807, 2.05) is 31.2 Å². The number of hydrogen-bond donors (Lipinski definition) is 0. The zero-order valence-corrected chi connectivity index (χ0v) is 17.0. The molecule has 0 N–H and O–H groups in total. The van der Waals surface area contributed by atoms with Crippen molar-refractivity contribution in [2.75, 3.05) is 0 Å². The van der Waals surface area contributed by atoms with Crippen molar-refractivity contribution in [3.63, 3.8) is 0 Å². The number of benzene rings is 2. The Morgan fingerprint density at radius 2 is 1.82 bits per heavy atom. The summed E-state index contributed by atoms with van der Waals surface area (Å²) >= 11 is 13.1. The second-order valence-corrected chi connectivity index (χ2v) is 8.13. The molecule has 0 spiro atoms. The second kappa shape index (κ2) is 7.47. The molecule has 0 saturated heterocycles. The van der Waals surface area contributed by atoms with E-state index in [2.05, 4.69) is 10.1 Å². The van der Waals surface area contributed by atoms with Crippen molar-refractivity contribution in [3.8, 4) is 0 Å². The largest absolute Gasteiger partial charge is 0.296 e. The van der Waals surface area contributed by atoms with Gasteiger partial charge in [0.05, 0.1) is 14.6 Å². The van der Waals surface area contributed by atoms with E-state index >= 15 is 0 Å². The quantitative estimate of drug-likeness (QED) is 0.501. The van der Waals surface area contributed by atoms with Crippen LogP contribution < -0.4 is 15.7 Å². The molecule has 4 rings (SSSR count). The number of aryl methyl sites for hydroxylation is 1. The predicted octanol–water partition coefficient (Wildman–Crippen LogP) is 3.26. The maximum Gasteiger partial charge on any atom is 0.296 e. The Bertz CT molecular complexity index is 1360. The molecule has 0 bridgehead atoms. The molecule has 140 valence electrons. The standard InChI is InChI=1S/C20H13Cl2N3O2S/c1-11-2-4-12(5-3-11)9-16-18(26)23-20-25(24-16)19(27)17(28-20)10-13-6-7-14(21)15(22)8-13/h2-8,10H,9H2,1H3. The summed E-state index contributed by atoms with van der Waals surface area (Å²) in [5.74, 6) is 0. The van der Waals surface area contributed by atoms with Crippen molar-refractivity contribution < 1.29 is 0 Å². The molecule has 0 aliphatic carbocycles. The Balaban J connectivity index is 1.79. The van der Waals surface area contributed by atoms with Crippen LogP contribution in [0.4, 0.5) is 0 Å². The average molecular weight is 430 g/mol. The minimum Gasteiger partial charge on any atom is -0.266 e. The lowest BCUT2D eigenvalue weighted by atomic mass is 10.1. The van der Waals surface area contributed by atoms with Crippen LogP contribution in [0.5, 0.6) is 0 Å². The second-order valence-electron chi connectivity index (χ2n) is 6.31. The zero-order chi connectivity index (χ0) is 19.8. The molecule has 28 heavy (non-hydrogen) atoms. The number of fused-ring (bicyclic) bond motifs is 1. The molecule has 0 unspecified atom stereocenters. The average Bonchev–Trinajstić information content (AvgIpc) is 2.95. The fourth-order valence-electron chi connectivity index (χ4n) is 2.70. The van der Waals surface area contributed by atoms with Crippen molar-refractivity contribution in [1.82, 2.24) is 14.6 Å². The normalized spacial score (nSPS) is 12.0. The van der Waals surface area contributed by atoms with Crippen LogP contribution in [-0.4, -0.2) is 14.6 Å². The van der Waals surface area contributed by atoms with Gasteiger partial charge in [0.25, 0.3) is 11.1 Å². The Morgan fingerprint density at radius 1 is 1.07 bits per heavy atom. The monoisotopic (exact) mass is 429 g/mol. The minimum atomic E-state index is -0.428. The van der Waals surface area contributed by atoms with Gasteiger partial charge in [0.2, 0.25) is 4.96 Å². The summed E-state index contributed by atoms with van der Waals surface area (Å²) in [6, 6.07) is 12.9. The summed E-state index contributed by atoms with van der Waals surface area (Å²) < 4.78 is 1.59. The van der Waals surface area contributed by atoms with Gasteiger partial charge in [-0.05, 0) is 36.3 Å². The molecule has 0 amide bonds. The highest BCUT2D eigenvalue weighted by Crippen LogP contribution is 2.22. The smallest absolute Gasteiger partial charge is 0.266 e. The summed E-state index contributed by atoms with van der Waals surface area (Å²) in [6.45, 7) is 1.99. The lowest BCUT2D eigenvalue weighted by Crippen LogP contribution is -2.28. The van der Waals surface area contributed by atoms with Crippen LogP contribution in [0.3, 0.4) is 0 Å². The third-order valence-electron chi connectivity index (χ3n) is 4.18. The van der Waals surface area contributed by atoms with Crippen molar-refractivity contribution >= 4 is 45.6 Å². The molecule has 0 atom stereocenters. The van der Waals surface area contributed by atoms with Crippen LogP contribution in [0.2, 0.25) is 10.0 Å². The topological polar surface area (TPSA) is 64.3 Å². The van der Waals surface area contributed by atoms with E-state index in [1.165, 1.54) is 4.52 Å². The fourth-order valence-corrected chi connectivity index (χ4v) is 3.92. The lowest BCUT2D eigenvalue weighted by Gasteiger charge is -2.01. The van der Waals surface area contributed by atoms with Gasteiger partial charge in [-0.3, -0.25) is 9.59 Å². The maximum absolute atomic E-state index is 12.7. The van der Waals surface area contributed by atoms with Gasteiger partial charge in [-0.15, -0.1) is 0 Å². The molecule has 2 heterocycles. The van der Waals surface area contributed by atoms with Crippen LogP contribution in [0, 0.1) is 6.92 Å². The summed E-state index contributed by atoms with van der Waals surface area (Å²) in [5, 5.41) is 5.09. The highest BCUT2D eigenvalue weighted by atomic mass is 35.5. The molecule has 0 aliphatic rings. The van der Waals surface area contributed by atoms with Gasteiger partial charge in [0.1, 0.15) is 5.69 Å². The van der Waals surface area contributed by atoms with E-state index in [1.54, 1.807) is 24.3 Å². The van der Waals surface area contributed by atoms with Gasteiger partial charge in [-0.1, -0.05) is 70.4 Å². The maximum atomic E-state index is 12.7. The van der Waals surface area contributed by atoms with E-state index in [-0.39, 0.29) is 16.2 Å². The van der Waals surface area contributed by atoms with Gasteiger partial charge in [0.15, 0.2) is 0 Å². The van der Waals surface area contributed by atoms with Crippen LogP contribution in [0.15, 0.2) is 52.1 Å². The van der Waals surface area contributed by atoms with E-state index in [9.17, 15) is 9.59 Å². The molecule has 0 radical (unpaired) electrons. The predicted molar refractivity (Wildman–Crippen MR) is 113 cm³/mol. The SMILES string of the molecule is Cc1ccc(Cc2nn3c(=O)c(=Cc4ccc(Cl)c(Cl)c4)sc3nc2=O)cc1. The van der Waals surface area contributed by atoms with E-state index in [0.717, 1.165) is 28.0 Å². The first-order valence-corrected chi connectivity index (χ1v) is 9.93. The fraction of sp³-hybridized carbons (Fsp3) is 0.100. The van der Waals surface area contributed by atoms with E-state index < -0.39 is 5.56 Å². The van der Waals surface area contributed by atoms with Crippen LogP contribution in [0.1, 0.15) is 22.4 Å². The summed E-state index contributed by atoms with van der Waals surface area (Å²) in [5.41, 5.74) is 2.26. The molecule has 5 nitrogen and oxygen atoms in total. The number of rotatable bonds is 3. The molecule has 8 heteroatoms. The molecule has 0 aliphatic heterocycles. The first kappa shape index (κ1) is 18.8. The van der Waals surface area contributed by atoms with Gasteiger partial charge in [-0.2, -0.15) is 14.6 Å². The summed E-state index contributed by atoms with van der Waals surface area (Å²) in [7, 11) is 0. The Kier molecular flexibility index (Phi) is 5.02. The number of nitrogens with zero attached hydrogens (tertiary/aromatic N) is 3. The van der Waals surface area contributed by atoms with E-state index in [0.29, 0.717) is 21.0 Å². The van der Waals surface area contributed by atoms with Crippen LogP contribution in [0.25, 0.3) is 11.0 Å². The van der Waals surface area contributed by atoms with Crippen molar-refractivity contribution in [2.45, 2.75) is 13.3 Å². The lowest BCUT2D eigenvalue weighted by molar-refractivity contribution is 0.811. The Morgan fingerprint density at radius 3 is 2.54 bits per heavy atom. The van der Waals surface area contributed by atoms with Gasteiger partial charge in [0, 0.05) is 6.42 Å². The third-order valence-corrected chi connectivity index (χ3v) is 5.88. The van der Waals surface area contributed by atoms with Crippen LogP contribution in [-0.2, 0) is 6.42 Å². The van der Waals surface area contributed by atoms with Gasteiger partial charge < -0.3 is 0 Å². The molecule has 2 aromatic heterocycles. The summed E-state index contributed by atoms with van der Waals surface area (Å²) in [4.78, 5) is 29.4. The Labute approximate surface area is 173 Å². The van der Waals surface area contributed by atoms with Gasteiger partial charge >= 0.3 is 0 Å². The number of halogens is 2. The third kappa shape index (κ3) is 3.71. The first-order valence-electron chi connectivity index (χ1n) is 8.36.